The number of ether oxygens (including phenoxy) is 2. The Morgan fingerprint density at radius 3 is 1.33 bits per heavy atom. The van der Waals surface area contributed by atoms with E-state index < -0.39 is 35.0 Å². The molecule has 1 fully saturated rings. The number of esters is 2. The Morgan fingerprint density at radius 1 is 0.667 bits per heavy atom. The molecule has 0 saturated heterocycles. The molecule has 0 N–H and O–H groups in total. The summed E-state index contributed by atoms with van der Waals surface area (Å²) in [5, 5.41) is 0. The van der Waals surface area contributed by atoms with Crippen LogP contribution in [-0.2, 0) is 9.47 Å². The minimum atomic E-state index is -0.605. The van der Waals surface area contributed by atoms with Gasteiger partial charge in [0.05, 0.1) is 11.1 Å². The lowest BCUT2D eigenvalue weighted by atomic mass is 9.51. The van der Waals surface area contributed by atoms with E-state index in [1.807, 2.05) is 27.7 Å². The predicted octanol–water partition coefficient (Wildman–Crippen LogP) is 5.30. The maximum absolute atomic E-state index is 12.8. The molecule has 6 heteroatoms. The number of carbonyl (C=O) groups is 4. The summed E-state index contributed by atoms with van der Waals surface area (Å²) in [6.45, 7) is 10.8. The second kappa shape index (κ2) is 8.93. The van der Waals surface area contributed by atoms with Crippen molar-refractivity contribution in [3.63, 3.8) is 0 Å². The Hall–Kier alpha value is -3.28. The fourth-order valence-corrected chi connectivity index (χ4v) is 4.89. The van der Waals surface area contributed by atoms with Crippen molar-refractivity contribution in [3.8, 4) is 0 Å². The highest BCUT2D eigenvalue weighted by Crippen LogP contribution is 2.57. The van der Waals surface area contributed by atoms with Gasteiger partial charge in [0, 0.05) is 28.4 Å². The molecule has 0 aliphatic heterocycles. The topological polar surface area (TPSA) is 86.7 Å². The third-order valence-electron chi connectivity index (χ3n) is 6.44. The van der Waals surface area contributed by atoms with Gasteiger partial charge in [-0.15, -0.1) is 0 Å². The summed E-state index contributed by atoms with van der Waals surface area (Å²) in [5.74, 6) is -1.04. The van der Waals surface area contributed by atoms with E-state index in [-0.39, 0.29) is 11.6 Å². The summed E-state index contributed by atoms with van der Waals surface area (Å²) in [6, 6.07) is 12.8. The molecule has 6 nitrogen and oxygen atoms in total. The molecule has 33 heavy (non-hydrogen) atoms. The van der Waals surface area contributed by atoms with Crippen LogP contribution in [0, 0.1) is 10.8 Å². The maximum atomic E-state index is 12.8. The largest absolute Gasteiger partial charge is 0.457 e. The van der Waals surface area contributed by atoms with Crippen molar-refractivity contribution in [1.82, 2.24) is 0 Å². The van der Waals surface area contributed by atoms with Crippen molar-refractivity contribution in [3.05, 3.63) is 70.8 Å². The molecule has 0 amide bonds. The molecular weight excluding hydrogens is 420 g/mol. The summed E-state index contributed by atoms with van der Waals surface area (Å²) in [7, 11) is 0. The highest BCUT2D eigenvalue weighted by atomic mass is 16.6. The van der Waals surface area contributed by atoms with Crippen molar-refractivity contribution in [2.24, 2.45) is 10.8 Å². The number of hydrogen-bond acceptors (Lipinski definition) is 6. The average Bonchev–Trinajstić information content (AvgIpc) is 2.79. The SMILES string of the molecule is CCC(=O)c1ccc(C(=O)OC2C(C)(C)C(OC(=O)c3ccc(C(C)=O)cc3)C2(C)C)cc1. The quantitative estimate of drug-likeness (QED) is 0.420. The first-order valence-corrected chi connectivity index (χ1v) is 11.1. The van der Waals surface area contributed by atoms with Gasteiger partial charge in [0.25, 0.3) is 0 Å². The molecule has 3 rings (SSSR count). The number of hydrogen-bond donors (Lipinski definition) is 0. The number of Topliss-reactive ketones (excluding diaryl/α,β-unsaturated/α-hetero) is 2. The molecule has 174 valence electrons. The normalized spacial score (nSPS) is 20.3. The van der Waals surface area contributed by atoms with Gasteiger partial charge in [-0.25, -0.2) is 9.59 Å². The molecule has 0 spiro atoms. The van der Waals surface area contributed by atoms with E-state index in [1.165, 1.54) is 6.92 Å². The molecule has 0 radical (unpaired) electrons. The third-order valence-corrected chi connectivity index (χ3v) is 6.44. The Labute approximate surface area is 194 Å². The Balaban J connectivity index is 1.69. The van der Waals surface area contributed by atoms with E-state index in [2.05, 4.69) is 0 Å². The molecule has 0 unspecified atom stereocenters. The van der Waals surface area contributed by atoms with Crippen molar-refractivity contribution >= 4 is 23.5 Å². The minimum Gasteiger partial charge on any atom is -0.457 e. The minimum absolute atomic E-state index is 0.0109. The summed E-state index contributed by atoms with van der Waals surface area (Å²) in [4.78, 5) is 48.7. The lowest BCUT2D eigenvalue weighted by molar-refractivity contribution is -0.246. The molecule has 1 saturated carbocycles. The molecule has 0 bridgehead atoms. The van der Waals surface area contributed by atoms with Crippen LogP contribution in [0.4, 0.5) is 0 Å². The zero-order chi connectivity index (χ0) is 24.6. The second-order valence-electron chi connectivity index (χ2n) is 9.70. The first kappa shape index (κ1) is 24.4. The lowest BCUT2D eigenvalue weighted by Crippen LogP contribution is -2.69. The van der Waals surface area contributed by atoms with E-state index in [0.717, 1.165) is 0 Å². The van der Waals surface area contributed by atoms with Crippen LogP contribution in [0.5, 0.6) is 0 Å². The van der Waals surface area contributed by atoms with Crippen LogP contribution in [0.2, 0.25) is 0 Å². The Morgan fingerprint density at radius 2 is 1.00 bits per heavy atom. The third kappa shape index (κ3) is 4.61. The van der Waals surface area contributed by atoms with Gasteiger partial charge in [0.15, 0.2) is 11.6 Å². The van der Waals surface area contributed by atoms with Crippen molar-refractivity contribution in [2.45, 2.75) is 60.2 Å². The van der Waals surface area contributed by atoms with Crippen molar-refractivity contribution in [2.75, 3.05) is 0 Å². The summed E-state index contributed by atoms with van der Waals surface area (Å²) in [5.41, 5.74) is 0.587. The van der Waals surface area contributed by atoms with Gasteiger partial charge in [-0.05, 0) is 31.2 Å². The van der Waals surface area contributed by atoms with Gasteiger partial charge in [-0.1, -0.05) is 58.9 Å². The summed E-state index contributed by atoms with van der Waals surface area (Å²) >= 11 is 0. The molecule has 1 aliphatic rings. The molecule has 1 aliphatic carbocycles. The van der Waals surface area contributed by atoms with Crippen LogP contribution in [0.15, 0.2) is 48.5 Å². The van der Waals surface area contributed by atoms with Crippen LogP contribution in [0.1, 0.15) is 89.4 Å². The maximum Gasteiger partial charge on any atom is 0.338 e. The zero-order valence-corrected chi connectivity index (χ0v) is 19.9. The van der Waals surface area contributed by atoms with Gasteiger partial charge in [0.1, 0.15) is 12.2 Å². The molecule has 2 aromatic carbocycles. The van der Waals surface area contributed by atoms with E-state index in [4.69, 9.17) is 9.47 Å². The standard InChI is InChI=1S/C27H30O6/c1-7-21(29)18-10-14-20(15-11-18)23(31)33-25-26(3,4)24(27(25,5)6)32-22(30)19-12-8-17(9-13-19)16(2)28/h8-15,24-25H,7H2,1-6H3. The number of carbonyl (C=O) groups excluding carboxylic acids is 4. The van der Waals surface area contributed by atoms with Crippen LogP contribution in [0.3, 0.4) is 0 Å². The van der Waals surface area contributed by atoms with Gasteiger partial charge < -0.3 is 9.47 Å². The molecular formula is C27H30O6. The van der Waals surface area contributed by atoms with Crippen LogP contribution in [-0.4, -0.2) is 35.7 Å². The molecule has 0 atom stereocenters. The number of rotatable bonds is 7. The van der Waals surface area contributed by atoms with Crippen molar-refractivity contribution in [1.29, 1.82) is 0 Å². The smallest absolute Gasteiger partial charge is 0.338 e. The van der Waals surface area contributed by atoms with Crippen LogP contribution in [0.25, 0.3) is 0 Å². The van der Waals surface area contributed by atoms with Gasteiger partial charge >= 0.3 is 11.9 Å². The van der Waals surface area contributed by atoms with Crippen LogP contribution >= 0.6 is 0 Å². The summed E-state index contributed by atoms with van der Waals surface area (Å²) < 4.78 is 11.7. The lowest BCUT2D eigenvalue weighted by Gasteiger charge is -2.61. The monoisotopic (exact) mass is 450 g/mol. The highest BCUT2D eigenvalue weighted by Gasteiger charge is 2.66. The predicted molar refractivity (Wildman–Crippen MR) is 123 cm³/mol. The Kier molecular flexibility index (Phi) is 6.59. The molecule has 0 aromatic heterocycles. The van der Waals surface area contributed by atoms with Crippen molar-refractivity contribution < 1.29 is 28.7 Å². The van der Waals surface area contributed by atoms with Gasteiger partial charge in [-0.2, -0.15) is 0 Å². The number of benzene rings is 2. The average molecular weight is 451 g/mol. The number of ketones is 2. The summed E-state index contributed by atoms with van der Waals surface area (Å²) in [6.07, 6.45) is -0.561. The highest BCUT2D eigenvalue weighted by molar-refractivity contribution is 5.97. The molecule has 0 heterocycles. The fourth-order valence-electron chi connectivity index (χ4n) is 4.89. The van der Waals surface area contributed by atoms with Gasteiger partial charge in [0.2, 0.25) is 0 Å². The van der Waals surface area contributed by atoms with E-state index in [0.29, 0.717) is 28.7 Å². The second-order valence-corrected chi connectivity index (χ2v) is 9.70. The first-order valence-electron chi connectivity index (χ1n) is 11.1. The van der Waals surface area contributed by atoms with E-state index >= 15 is 0 Å². The Bertz CT molecular complexity index is 1060. The zero-order valence-electron chi connectivity index (χ0n) is 19.9. The van der Waals surface area contributed by atoms with E-state index in [9.17, 15) is 19.2 Å². The van der Waals surface area contributed by atoms with Crippen LogP contribution < -0.4 is 0 Å². The van der Waals surface area contributed by atoms with E-state index in [1.54, 1.807) is 55.5 Å². The first-order chi connectivity index (χ1) is 15.4. The molecule has 2 aromatic rings. The van der Waals surface area contributed by atoms with Gasteiger partial charge in [-0.3, -0.25) is 9.59 Å². The fraction of sp³-hybridized carbons (Fsp3) is 0.407.